The van der Waals surface area contributed by atoms with Gasteiger partial charge in [-0.2, -0.15) is 8.42 Å². The number of hydrogen-bond donors (Lipinski definition) is 3. The van der Waals surface area contributed by atoms with Gasteiger partial charge in [0.25, 0.3) is 10.2 Å². The lowest BCUT2D eigenvalue weighted by molar-refractivity contribution is 0.267. The van der Waals surface area contributed by atoms with Gasteiger partial charge in [0.15, 0.2) is 0 Å². The first-order chi connectivity index (χ1) is 13.8. The van der Waals surface area contributed by atoms with Crippen molar-refractivity contribution < 1.29 is 21.6 Å². The van der Waals surface area contributed by atoms with Crippen LogP contribution in [0, 0.1) is 23.4 Å². The molecule has 3 N–H and O–H groups in total. The van der Waals surface area contributed by atoms with E-state index in [1.807, 2.05) is 0 Å². The lowest BCUT2D eigenvalue weighted by atomic mass is 9.70. The highest BCUT2D eigenvalue weighted by Gasteiger charge is 2.35. The molecule has 5 nitrogen and oxygen atoms in total. The molecular formula is C20H20F3N3O2S. The predicted molar refractivity (Wildman–Crippen MR) is 105 cm³/mol. The third kappa shape index (κ3) is 3.90. The number of benzene rings is 2. The Morgan fingerprint density at radius 1 is 1.07 bits per heavy atom. The minimum atomic E-state index is -3.50. The molecule has 154 valence electrons. The minimum absolute atomic E-state index is 0.00842. The van der Waals surface area contributed by atoms with Gasteiger partial charge < -0.3 is 4.98 Å². The van der Waals surface area contributed by atoms with Crippen molar-refractivity contribution in [2.45, 2.75) is 18.8 Å². The van der Waals surface area contributed by atoms with Gasteiger partial charge in [0.1, 0.15) is 17.5 Å². The maximum Gasteiger partial charge on any atom is 0.276 e. The van der Waals surface area contributed by atoms with Crippen molar-refractivity contribution in [2.24, 2.45) is 5.92 Å². The molecule has 1 aliphatic carbocycles. The average Bonchev–Trinajstić information content (AvgIpc) is 3.00. The number of aromatic nitrogens is 1. The Kier molecular flexibility index (Phi) is 5.14. The van der Waals surface area contributed by atoms with E-state index < -0.39 is 21.8 Å². The fourth-order valence-electron chi connectivity index (χ4n) is 3.95. The van der Waals surface area contributed by atoms with Gasteiger partial charge in [0, 0.05) is 25.0 Å². The second kappa shape index (κ2) is 7.47. The Bertz CT molecular complexity index is 1150. The van der Waals surface area contributed by atoms with Crippen molar-refractivity contribution >= 4 is 21.1 Å². The molecule has 1 aromatic heterocycles. The number of nitrogens with one attached hydrogen (secondary N) is 3. The minimum Gasteiger partial charge on any atom is -0.352 e. The largest absolute Gasteiger partial charge is 0.352 e. The van der Waals surface area contributed by atoms with Gasteiger partial charge in [0.05, 0.1) is 11.2 Å². The maximum atomic E-state index is 14.4. The molecule has 0 radical (unpaired) electrons. The van der Waals surface area contributed by atoms with Crippen molar-refractivity contribution in [1.29, 1.82) is 0 Å². The van der Waals surface area contributed by atoms with E-state index >= 15 is 0 Å². The number of hydrogen-bond acceptors (Lipinski definition) is 2. The van der Waals surface area contributed by atoms with Gasteiger partial charge >= 0.3 is 0 Å². The van der Waals surface area contributed by atoms with E-state index in [0.29, 0.717) is 29.5 Å². The van der Waals surface area contributed by atoms with Gasteiger partial charge in [-0.3, -0.25) is 0 Å². The first-order valence-corrected chi connectivity index (χ1v) is 10.7. The number of halogens is 3. The van der Waals surface area contributed by atoms with E-state index in [2.05, 4.69) is 14.4 Å². The van der Waals surface area contributed by atoms with Gasteiger partial charge in [0.2, 0.25) is 0 Å². The van der Waals surface area contributed by atoms with Crippen LogP contribution in [0.3, 0.4) is 0 Å². The number of rotatable bonds is 6. The van der Waals surface area contributed by atoms with Crippen molar-refractivity contribution in [3.8, 4) is 11.3 Å². The molecule has 0 amide bonds. The number of H-pyrrole nitrogens is 1. The summed E-state index contributed by atoms with van der Waals surface area (Å²) in [7, 11) is -2.17. The zero-order chi connectivity index (χ0) is 20.8. The Hall–Kier alpha value is -2.36. The van der Waals surface area contributed by atoms with Crippen LogP contribution in [-0.4, -0.2) is 27.0 Å². The molecule has 0 saturated heterocycles. The molecular weight excluding hydrogens is 403 g/mol. The van der Waals surface area contributed by atoms with Crippen molar-refractivity contribution in [2.75, 3.05) is 13.6 Å². The monoisotopic (exact) mass is 423 g/mol. The Morgan fingerprint density at radius 2 is 1.76 bits per heavy atom. The van der Waals surface area contributed by atoms with Crippen LogP contribution in [0.4, 0.5) is 13.2 Å². The molecule has 1 heterocycles. The molecule has 1 fully saturated rings. The van der Waals surface area contributed by atoms with Gasteiger partial charge in [-0.05, 0) is 66.1 Å². The van der Waals surface area contributed by atoms with Gasteiger partial charge in [-0.15, -0.1) is 0 Å². The van der Waals surface area contributed by atoms with Crippen LogP contribution in [0.1, 0.15) is 24.3 Å². The van der Waals surface area contributed by atoms with Crippen LogP contribution in [0.5, 0.6) is 0 Å². The summed E-state index contributed by atoms with van der Waals surface area (Å²) in [5.41, 5.74) is 2.29. The zero-order valence-corrected chi connectivity index (χ0v) is 16.4. The highest BCUT2D eigenvalue weighted by molar-refractivity contribution is 7.87. The van der Waals surface area contributed by atoms with E-state index in [9.17, 15) is 21.6 Å². The molecule has 2 aromatic carbocycles. The summed E-state index contributed by atoms with van der Waals surface area (Å²) >= 11 is 0. The van der Waals surface area contributed by atoms with Crippen LogP contribution in [0.2, 0.25) is 0 Å². The van der Waals surface area contributed by atoms with Crippen molar-refractivity contribution in [3.63, 3.8) is 0 Å². The van der Waals surface area contributed by atoms with Crippen LogP contribution in [0.25, 0.3) is 22.2 Å². The fourth-order valence-corrected chi connectivity index (χ4v) is 4.55. The summed E-state index contributed by atoms with van der Waals surface area (Å²) in [6, 6.07) is 7.95. The molecule has 4 rings (SSSR count). The Morgan fingerprint density at radius 3 is 2.41 bits per heavy atom. The maximum absolute atomic E-state index is 14.4. The quantitative estimate of drug-likeness (QED) is 0.564. The summed E-state index contributed by atoms with van der Waals surface area (Å²) in [5, 5.41) is 0.459. The number of aromatic amines is 1. The zero-order valence-electron chi connectivity index (χ0n) is 15.6. The fraction of sp³-hybridized carbons (Fsp3) is 0.300. The molecule has 0 spiro atoms. The topological polar surface area (TPSA) is 74.0 Å². The molecule has 0 aliphatic heterocycles. The number of fused-ring (bicyclic) bond motifs is 1. The molecule has 0 unspecified atom stereocenters. The molecule has 9 heteroatoms. The van der Waals surface area contributed by atoms with Crippen LogP contribution >= 0.6 is 0 Å². The normalized spacial score (nSPS) is 19.4. The van der Waals surface area contributed by atoms with Crippen LogP contribution in [-0.2, 0) is 10.2 Å². The summed E-state index contributed by atoms with van der Waals surface area (Å²) in [6.45, 7) is 0.288. The molecule has 3 aromatic rings. The van der Waals surface area contributed by atoms with E-state index in [-0.39, 0.29) is 29.7 Å². The van der Waals surface area contributed by atoms with E-state index in [1.54, 1.807) is 12.1 Å². The summed E-state index contributed by atoms with van der Waals surface area (Å²) < 4.78 is 69.3. The third-order valence-corrected chi connectivity index (χ3v) is 6.56. The lowest BCUT2D eigenvalue weighted by Crippen LogP contribution is -2.40. The van der Waals surface area contributed by atoms with E-state index in [4.69, 9.17) is 0 Å². The Balaban J connectivity index is 1.68. The molecule has 1 saturated carbocycles. The van der Waals surface area contributed by atoms with Crippen LogP contribution < -0.4 is 9.44 Å². The van der Waals surface area contributed by atoms with Gasteiger partial charge in [-0.25, -0.2) is 22.6 Å². The summed E-state index contributed by atoms with van der Waals surface area (Å²) in [5.74, 6) is -1.61. The van der Waals surface area contributed by atoms with E-state index in [1.165, 1.54) is 25.2 Å². The second-order valence-corrected chi connectivity index (χ2v) is 9.02. The smallest absolute Gasteiger partial charge is 0.276 e. The SMILES string of the molecule is CNS(=O)(=O)NC[C@H]1C[C@H](c2c(-c3ccc(F)cc3)[nH]c3c(F)cc(F)cc32)C1. The highest BCUT2D eigenvalue weighted by Crippen LogP contribution is 2.48. The van der Waals surface area contributed by atoms with Crippen molar-refractivity contribution in [3.05, 3.63) is 59.4 Å². The van der Waals surface area contributed by atoms with E-state index in [0.717, 1.165) is 11.6 Å². The third-order valence-electron chi connectivity index (χ3n) is 5.47. The molecule has 1 aliphatic rings. The average molecular weight is 423 g/mol. The first kappa shape index (κ1) is 19.9. The van der Waals surface area contributed by atoms with Gasteiger partial charge in [-0.1, -0.05) is 0 Å². The lowest BCUT2D eigenvalue weighted by Gasteiger charge is -2.36. The second-order valence-electron chi connectivity index (χ2n) is 7.32. The predicted octanol–water partition coefficient (Wildman–Crippen LogP) is 3.80. The highest BCUT2D eigenvalue weighted by atomic mass is 32.2. The standard InChI is InChI=1S/C20H20F3N3O2S/c1-24-29(27,28)25-10-11-6-13(7-11)18-16-8-15(22)9-17(23)20(16)26-19(18)12-2-4-14(21)5-3-12/h2-5,8-9,11,13,24-26H,6-7,10H2,1H3/t11-,13-. The molecule has 0 atom stereocenters. The summed E-state index contributed by atoms with van der Waals surface area (Å²) in [6.07, 6.45) is 1.34. The molecule has 29 heavy (non-hydrogen) atoms. The first-order valence-electron chi connectivity index (χ1n) is 9.22. The Labute approximate surface area is 166 Å². The van der Waals surface area contributed by atoms with Crippen LogP contribution in [0.15, 0.2) is 36.4 Å². The molecule has 0 bridgehead atoms. The van der Waals surface area contributed by atoms with Crippen molar-refractivity contribution in [1.82, 2.24) is 14.4 Å². The summed E-state index contributed by atoms with van der Waals surface area (Å²) in [4.78, 5) is 3.04.